The average molecular weight is 301 g/mol. The lowest BCUT2D eigenvalue weighted by Crippen LogP contribution is -2.28. The maximum Gasteiger partial charge on any atom is 0.339 e. The first kappa shape index (κ1) is 16.5. The molecule has 0 fully saturated rings. The Bertz CT molecular complexity index is 609. The van der Waals surface area contributed by atoms with Crippen LogP contribution in [0.15, 0.2) is 17.0 Å². The lowest BCUT2D eigenvalue weighted by Gasteiger charge is -2.18. The molecule has 0 aliphatic rings. The van der Waals surface area contributed by atoms with Crippen molar-refractivity contribution < 1.29 is 23.4 Å². The summed E-state index contributed by atoms with van der Waals surface area (Å²) in [4.78, 5) is 10.9. The summed E-state index contributed by atoms with van der Waals surface area (Å²) < 4.78 is 26.0. The van der Waals surface area contributed by atoms with Gasteiger partial charge in [0, 0.05) is 13.6 Å². The molecule has 0 amide bonds. The molecule has 0 aliphatic heterocycles. The highest BCUT2D eigenvalue weighted by molar-refractivity contribution is 7.89. The van der Waals surface area contributed by atoms with Gasteiger partial charge in [-0.05, 0) is 31.0 Å². The minimum atomic E-state index is -3.76. The zero-order valence-electron chi connectivity index (χ0n) is 11.8. The molecule has 2 N–H and O–H groups in total. The molecule has 0 heterocycles. The molecule has 0 bridgehead atoms. The number of carboxylic acids is 1. The van der Waals surface area contributed by atoms with Crippen molar-refractivity contribution in [3.8, 4) is 5.75 Å². The molecule has 1 aromatic carbocycles. The third-order valence-corrected chi connectivity index (χ3v) is 5.04. The van der Waals surface area contributed by atoms with Crippen molar-refractivity contribution in [2.45, 2.75) is 31.6 Å². The monoisotopic (exact) mass is 301 g/mol. The van der Waals surface area contributed by atoms with Crippen LogP contribution in [0.2, 0.25) is 0 Å². The number of unbranched alkanes of at least 4 members (excludes halogenated alkanes) is 1. The Morgan fingerprint density at radius 1 is 1.35 bits per heavy atom. The van der Waals surface area contributed by atoms with Gasteiger partial charge in [0.25, 0.3) is 0 Å². The third kappa shape index (κ3) is 3.29. The number of phenols is 1. The number of benzene rings is 1. The fourth-order valence-corrected chi connectivity index (χ4v) is 3.23. The number of aromatic carboxylic acids is 1. The van der Waals surface area contributed by atoms with Crippen LogP contribution in [-0.2, 0) is 10.0 Å². The highest BCUT2D eigenvalue weighted by Crippen LogP contribution is 2.27. The van der Waals surface area contributed by atoms with Crippen molar-refractivity contribution in [1.82, 2.24) is 4.31 Å². The first-order valence-electron chi connectivity index (χ1n) is 6.25. The summed E-state index contributed by atoms with van der Waals surface area (Å²) in [6.07, 6.45) is 1.58. The summed E-state index contributed by atoms with van der Waals surface area (Å²) in [7, 11) is -2.30. The van der Waals surface area contributed by atoms with E-state index in [-0.39, 0.29) is 4.90 Å². The first-order valence-corrected chi connectivity index (χ1v) is 7.69. The van der Waals surface area contributed by atoms with Gasteiger partial charge in [0.15, 0.2) is 0 Å². The number of hydrogen-bond acceptors (Lipinski definition) is 4. The van der Waals surface area contributed by atoms with Crippen LogP contribution >= 0.6 is 0 Å². The Balaban J connectivity index is 3.31. The van der Waals surface area contributed by atoms with E-state index in [2.05, 4.69) is 0 Å². The second-order valence-electron chi connectivity index (χ2n) is 4.62. The number of hydrogen-bond donors (Lipinski definition) is 2. The number of aryl methyl sites for hydroxylation is 1. The quantitative estimate of drug-likeness (QED) is 0.835. The van der Waals surface area contributed by atoms with E-state index in [4.69, 9.17) is 5.11 Å². The number of rotatable bonds is 6. The van der Waals surface area contributed by atoms with E-state index >= 15 is 0 Å². The molecule has 112 valence electrons. The molecule has 0 saturated carbocycles. The predicted molar refractivity (Wildman–Crippen MR) is 74.5 cm³/mol. The zero-order valence-corrected chi connectivity index (χ0v) is 12.6. The number of carboxylic acid groups (broad SMARTS) is 1. The second-order valence-corrected chi connectivity index (χ2v) is 6.63. The molecule has 7 heteroatoms. The van der Waals surface area contributed by atoms with E-state index in [1.165, 1.54) is 18.3 Å². The zero-order chi connectivity index (χ0) is 15.5. The van der Waals surface area contributed by atoms with E-state index in [0.29, 0.717) is 12.1 Å². The van der Waals surface area contributed by atoms with E-state index in [9.17, 15) is 18.3 Å². The summed E-state index contributed by atoms with van der Waals surface area (Å²) in [5.41, 5.74) is -0.103. The van der Waals surface area contributed by atoms with Crippen LogP contribution in [-0.4, -0.2) is 42.5 Å². The highest BCUT2D eigenvalue weighted by Gasteiger charge is 2.25. The van der Waals surface area contributed by atoms with Gasteiger partial charge in [0.05, 0.1) is 4.90 Å². The summed E-state index contributed by atoms with van der Waals surface area (Å²) in [5, 5.41) is 18.5. The molecule has 1 rings (SSSR count). The van der Waals surface area contributed by atoms with Crippen LogP contribution < -0.4 is 0 Å². The number of carbonyl (C=O) groups is 1. The fraction of sp³-hybridized carbons (Fsp3) is 0.462. The van der Waals surface area contributed by atoms with Gasteiger partial charge in [-0.2, -0.15) is 0 Å². The van der Waals surface area contributed by atoms with Crippen LogP contribution in [0.3, 0.4) is 0 Å². The normalized spacial score (nSPS) is 11.8. The summed E-state index contributed by atoms with van der Waals surface area (Å²) in [5.74, 6) is -1.81. The molecule has 0 aliphatic carbocycles. The Labute approximate surface area is 118 Å². The van der Waals surface area contributed by atoms with Crippen molar-refractivity contribution in [2.75, 3.05) is 13.6 Å². The lowest BCUT2D eigenvalue weighted by atomic mass is 10.1. The lowest BCUT2D eigenvalue weighted by molar-refractivity contribution is 0.0693. The SMILES string of the molecule is CCCCN(C)S(=O)(=O)c1cc(C(=O)O)c(O)cc1C. The maximum atomic E-state index is 12.4. The number of nitrogens with zero attached hydrogens (tertiary/aromatic N) is 1. The molecule has 0 atom stereocenters. The summed E-state index contributed by atoms with van der Waals surface area (Å²) >= 11 is 0. The first-order chi connectivity index (χ1) is 9.21. The summed E-state index contributed by atoms with van der Waals surface area (Å²) in [6.45, 7) is 3.84. The smallest absolute Gasteiger partial charge is 0.339 e. The van der Waals surface area contributed by atoms with Gasteiger partial charge in [-0.1, -0.05) is 13.3 Å². The van der Waals surface area contributed by atoms with Crippen molar-refractivity contribution in [3.05, 3.63) is 23.3 Å². The largest absolute Gasteiger partial charge is 0.507 e. The van der Waals surface area contributed by atoms with Crippen molar-refractivity contribution in [1.29, 1.82) is 0 Å². The van der Waals surface area contributed by atoms with E-state index in [1.807, 2.05) is 6.92 Å². The van der Waals surface area contributed by atoms with Crippen LogP contribution in [0.4, 0.5) is 0 Å². The van der Waals surface area contributed by atoms with Crippen LogP contribution in [0.1, 0.15) is 35.7 Å². The van der Waals surface area contributed by atoms with Gasteiger partial charge >= 0.3 is 5.97 Å². The standard InChI is InChI=1S/C13H19NO5S/c1-4-5-6-14(3)20(18,19)12-8-10(13(16)17)11(15)7-9(12)2/h7-8,15H,4-6H2,1-3H3,(H,16,17). The predicted octanol–water partition coefficient (Wildman–Crippen LogP) is 1.82. The number of sulfonamides is 1. The van der Waals surface area contributed by atoms with Gasteiger partial charge in [-0.15, -0.1) is 0 Å². The van der Waals surface area contributed by atoms with Crippen molar-refractivity contribution in [3.63, 3.8) is 0 Å². The Hall–Kier alpha value is -1.60. The summed E-state index contributed by atoms with van der Waals surface area (Å²) in [6, 6.07) is 2.16. The molecule has 0 radical (unpaired) electrons. The van der Waals surface area contributed by atoms with Gasteiger partial charge in [-0.25, -0.2) is 17.5 Å². The van der Waals surface area contributed by atoms with Gasteiger partial charge < -0.3 is 10.2 Å². The molecule has 1 aromatic rings. The third-order valence-electron chi connectivity index (χ3n) is 3.04. The molecule has 0 aromatic heterocycles. The van der Waals surface area contributed by atoms with Crippen molar-refractivity contribution >= 4 is 16.0 Å². The van der Waals surface area contributed by atoms with Gasteiger partial charge in [-0.3, -0.25) is 0 Å². The highest BCUT2D eigenvalue weighted by atomic mass is 32.2. The average Bonchev–Trinajstić information content (AvgIpc) is 2.34. The van der Waals surface area contributed by atoms with Crippen LogP contribution in [0.5, 0.6) is 5.75 Å². The van der Waals surface area contributed by atoms with Crippen LogP contribution in [0.25, 0.3) is 0 Å². The molecule has 0 unspecified atom stereocenters. The Morgan fingerprint density at radius 2 is 1.95 bits per heavy atom. The van der Waals surface area contributed by atoms with E-state index in [1.54, 1.807) is 0 Å². The molecule has 6 nitrogen and oxygen atoms in total. The fourth-order valence-electron chi connectivity index (χ4n) is 1.79. The topological polar surface area (TPSA) is 94.9 Å². The van der Waals surface area contributed by atoms with Crippen molar-refractivity contribution in [2.24, 2.45) is 0 Å². The molecule has 0 saturated heterocycles. The van der Waals surface area contributed by atoms with E-state index < -0.39 is 27.3 Å². The minimum absolute atomic E-state index is 0.0914. The Morgan fingerprint density at radius 3 is 2.45 bits per heavy atom. The molecular weight excluding hydrogens is 282 g/mol. The minimum Gasteiger partial charge on any atom is -0.507 e. The van der Waals surface area contributed by atoms with E-state index in [0.717, 1.165) is 25.0 Å². The Kier molecular flexibility index (Phi) is 5.13. The maximum absolute atomic E-state index is 12.4. The second kappa shape index (κ2) is 6.23. The number of aromatic hydroxyl groups is 1. The molecule has 20 heavy (non-hydrogen) atoms. The molecule has 0 spiro atoms. The van der Waals surface area contributed by atoms with Gasteiger partial charge in [0.2, 0.25) is 10.0 Å². The van der Waals surface area contributed by atoms with Gasteiger partial charge in [0.1, 0.15) is 11.3 Å². The molecular formula is C13H19NO5S. The van der Waals surface area contributed by atoms with Crippen LogP contribution in [0, 0.1) is 6.92 Å².